The van der Waals surface area contributed by atoms with Gasteiger partial charge in [0.2, 0.25) is 0 Å². The van der Waals surface area contributed by atoms with Crippen molar-refractivity contribution in [2.24, 2.45) is 0 Å². The van der Waals surface area contributed by atoms with Crippen molar-refractivity contribution in [1.29, 1.82) is 0 Å². The van der Waals surface area contributed by atoms with Crippen LogP contribution in [0.25, 0.3) is 5.57 Å². The van der Waals surface area contributed by atoms with Crippen LogP contribution in [0.15, 0.2) is 78.9 Å². The van der Waals surface area contributed by atoms with Gasteiger partial charge in [0.05, 0.1) is 0 Å². The van der Waals surface area contributed by atoms with Crippen LogP contribution in [0.2, 0.25) is 0 Å². The van der Waals surface area contributed by atoms with Gasteiger partial charge in [0.25, 0.3) is 0 Å². The molecule has 0 saturated heterocycles. The van der Waals surface area contributed by atoms with E-state index in [4.69, 9.17) is 4.74 Å². The molecular weight excluding hydrogens is 390 g/mol. The van der Waals surface area contributed by atoms with Crippen LogP contribution >= 0.6 is 0 Å². The molecule has 0 saturated carbocycles. The Morgan fingerprint density at radius 1 is 0.812 bits per heavy atom. The van der Waals surface area contributed by atoms with E-state index in [1.165, 1.54) is 33.4 Å². The predicted octanol–water partition coefficient (Wildman–Crippen LogP) is 6.92. The second kappa shape index (κ2) is 9.75. The van der Waals surface area contributed by atoms with Crippen molar-refractivity contribution in [3.05, 3.63) is 107 Å². The van der Waals surface area contributed by atoms with Crippen molar-refractivity contribution in [3.8, 4) is 5.75 Å². The van der Waals surface area contributed by atoms with Gasteiger partial charge in [-0.15, -0.1) is 0 Å². The maximum absolute atomic E-state index is 5.94. The molecule has 0 amide bonds. The molecule has 3 aromatic rings. The van der Waals surface area contributed by atoms with Crippen LogP contribution in [-0.2, 0) is 19.4 Å². The van der Waals surface area contributed by atoms with Gasteiger partial charge in [-0.3, -0.25) is 0 Å². The van der Waals surface area contributed by atoms with Gasteiger partial charge < -0.3 is 9.64 Å². The molecule has 0 N–H and O–H groups in total. The molecule has 1 aliphatic carbocycles. The summed E-state index contributed by atoms with van der Waals surface area (Å²) in [6.07, 6.45) is 5.69. The van der Waals surface area contributed by atoms with E-state index in [0.29, 0.717) is 0 Å². The van der Waals surface area contributed by atoms with E-state index in [2.05, 4.69) is 112 Å². The van der Waals surface area contributed by atoms with E-state index in [1.807, 2.05) is 0 Å². The van der Waals surface area contributed by atoms with Crippen molar-refractivity contribution < 1.29 is 4.74 Å². The van der Waals surface area contributed by atoms with E-state index < -0.39 is 0 Å². The van der Waals surface area contributed by atoms with Crippen molar-refractivity contribution in [3.63, 3.8) is 0 Å². The number of nitrogens with zero attached hydrogens (tertiary/aromatic N) is 1. The number of hydrogen-bond acceptors (Lipinski definition) is 2. The van der Waals surface area contributed by atoms with Crippen LogP contribution in [0.4, 0.5) is 0 Å². The van der Waals surface area contributed by atoms with Crippen molar-refractivity contribution in [1.82, 2.24) is 4.90 Å². The SMILES string of the molecule is CN(CCC=C1c2ccccc2CCc2ccccc21)Cc1ccc(OC(C)(C)C)cc1. The number of fused-ring (bicyclic) bond motifs is 2. The Labute approximate surface area is 193 Å². The lowest BCUT2D eigenvalue weighted by Crippen LogP contribution is -2.23. The lowest BCUT2D eigenvalue weighted by Gasteiger charge is -2.22. The molecule has 1 aliphatic rings. The Morgan fingerprint density at radius 3 is 1.94 bits per heavy atom. The first-order valence-electron chi connectivity index (χ1n) is 11.7. The van der Waals surface area contributed by atoms with Gasteiger partial charge in [0.15, 0.2) is 0 Å². The highest BCUT2D eigenvalue weighted by Crippen LogP contribution is 2.33. The zero-order valence-corrected chi connectivity index (χ0v) is 19.9. The van der Waals surface area contributed by atoms with Gasteiger partial charge in [-0.25, -0.2) is 0 Å². The molecule has 4 rings (SSSR count). The maximum Gasteiger partial charge on any atom is 0.120 e. The zero-order chi connectivity index (χ0) is 22.6. The van der Waals surface area contributed by atoms with E-state index in [1.54, 1.807) is 0 Å². The van der Waals surface area contributed by atoms with Crippen molar-refractivity contribution >= 4 is 5.57 Å². The monoisotopic (exact) mass is 425 g/mol. The van der Waals surface area contributed by atoms with Crippen LogP contribution in [0.3, 0.4) is 0 Å². The average molecular weight is 426 g/mol. The summed E-state index contributed by atoms with van der Waals surface area (Å²) < 4.78 is 5.94. The highest BCUT2D eigenvalue weighted by atomic mass is 16.5. The van der Waals surface area contributed by atoms with Crippen molar-refractivity contribution in [2.45, 2.75) is 52.2 Å². The summed E-state index contributed by atoms with van der Waals surface area (Å²) in [6, 6.07) is 26.3. The Balaban J connectivity index is 1.44. The summed E-state index contributed by atoms with van der Waals surface area (Å²) in [5.41, 5.74) is 8.25. The first kappa shape index (κ1) is 22.4. The van der Waals surface area contributed by atoms with E-state index in [-0.39, 0.29) is 5.60 Å². The first-order chi connectivity index (χ1) is 15.4. The molecule has 2 heteroatoms. The van der Waals surface area contributed by atoms with E-state index >= 15 is 0 Å². The minimum Gasteiger partial charge on any atom is -0.488 e. The minimum absolute atomic E-state index is 0.166. The molecule has 0 radical (unpaired) electrons. The molecule has 0 unspecified atom stereocenters. The molecule has 2 nitrogen and oxygen atoms in total. The van der Waals surface area contributed by atoms with Gasteiger partial charge in [0, 0.05) is 13.1 Å². The highest BCUT2D eigenvalue weighted by Gasteiger charge is 2.17. The molecule has 0 aromatic heterocycles. The standard InChI is InChI=1S/C30H35NO/c1-30(2,3)32-26-19-15-23(16-20-26)22-31(4)21-9-14-29-27-12-7-5-10-24(27)17-18-25-11-6-8-13-28(25)29/h5-8,10-16,19-20H,9,17-18,21-22H2,1-4H3. The number of rotatable bonds is 6. The summed E-state index contributed by atoms with van der Waals surface area (Å²) in [7, 11) is 2.20. The fraction of sp³-hybridized carbons (Fsp3) is 0.333. The van der Waals surface area contributed by atoms with Gasteiger partial charge in [-0.05, 0) is 92.6 Å². The molecule has 0 heterocycles. The molecule has 0 fully saturated rings. The fourth-order valence-electron chi connectivity index (χ4n) is 4.47. The summed E-state index contributed by atoms with van der Waals surface area (Å²) in [5.74, 6) is 0.930. The van der Waals surface area contributed by atoms with Crippen LogP contribution in [0.5, 0.6) is 5.75 Å². The highest BCUT2D eigenvalue weighted by molar-refractivity contribution is 5.83. The Bertz CT molecular complexity index is 1020. The van der Waals surface area contributed by atoms with Crippen LogP contribution in [0, 0.1) is 0 Å². The number of benzene rings is 3. The normalized spacial score (nSPS) is 13.3. The second-order valence-electron chi connectivity index (χ2n) is 9.82. The van der Waals surface area contributed by atoms with Gasteiger partial charge in [-0.1, -0.05) is 66.7 Å². The summed E-state index contributed by atoms with van der Waals surface area (Å²) in [6.45, 7) is 8.19. The molecular formula is C30H35NO. The summed E-state index contributed by atoms with van der Waals surface area (Å²) in [4.78, 5) is 2.39. The Kier molecular flexibility index (Phi) is 6.81. The smallest absolute Gasteiger partial charge is 0.120 e. The van der Waals surface area contributed by atoms with Gasteiger partial charge >= 0.3 is 0 Å². The largest absolute Gasteiger partial charge is 0.488 e. The van der Waals surface area contributed by atoms with Gasteiger partial charge in [-0.2, -0.15) is 0 Å². The third kappa shape index (κ3) is 5.69. The first-order valence-corrected chi connectivity index (χ1v) is 11.7. The Morgan fingerprint density at radius 2 is 1.38 bits per heavy atom. The fourth-order valence-corrected chi connectivity index (χ4v) is 4.47. The topological polar surface area (TPSA) is 12.5 Å². The van der Waals surface area contributed by atoms with Crippen molar-refractivity contribution in [2.75, 3.05) is 13.6 Å². The number of hydrogen-bond donors (Lipinski definition) is 0. The molecule has 0 atom stereocenters. The average Bonchev–Trinajstić information content (AvgIpc) is 2.92. The van der Waals surface area contributed by atoms with E-state index in [9.17, 15) is 0 Å². The second-order valence-corrected chi connectivity index (χ2v) is 9.82. The van der Waals surface area contributed by atoms with Crippen LogP contribution in [0.1, 0.15) is 55.0 Å². The molecule has 0 aliphatic heterocycles. The lowest BCUT2D eigenvalue weighted by atomic mass is 9.93. The molecule has 32 heavy (non-hydrogen) atoms. The quantitative estimate of drug-likeness (QED) is 0.425. The number of ether oxygens (including phenoxy) is 1. The summed E-state index contributed by atoms with van der Waals surface area (Å²) >= 11 is 0. The van der Waals surface area contributed by atoms with Crippen LogP contribution in [-0.4, -0.2) is 24.1 Å². The van der Waals surface area contributed by atoms with E-state index in [0.717, 1.165) is 38.1 Å². The maximum atomic E-state index is 5.94. The minimum atomic E-state index is -0.166. The predicted molar refractivity (Wildman–Crippen MR) is 135 cm³/mol. The summed E-state index contributed by atoms with van der Waals surface area (Å²) in [5, 5.41) is 0. The molecule has 0 spiro atoms. The van der Waals surface area contributed by atoms with Gasteiger partial charge in [0.1, 0.15) is 11.4 Å². The lowest BCUT2D eigenvalue weighted by molar-refractivity contribution is 0.131. The number of aryl methyl sites for hydroxylation is 2. The Hall–Kier alpha value is -2.84. The molecule has 166 valence electrons. The third-order valence-corrected chi connectivity index (χ3v) is 5.94. The third-order valence-electron chi connectivity index (χ3n) is 5.94. The molecule has 0 bridgehead atoms. The van der Waals surface area contributed by atoms with Crippen LogP contribution < -0.4 is 4.74 Å². The molecule has 3 aromatic carbocycles. The zero-order valence-electron chi connectivity index (χ0n) is 19.9.